The van der Waals surface area contributed by atoms with Crippen molar-refractivity contribution in [2.24, 2.45) is 0 Å². The summed E-state index contributed by atoms with van der Waals surface area (Å²) in [7, 11) is 0. The average Bonchev–Trinajstić information content (AvgIpc) is 2.66. The second-order valence-corrected chi connectivity index (χ2v) is 5.72. The highest BCUT2D eigenvalue weighted by molar-refractivity contribution is 5.95. The van der Waals surface area contributed by atoms with Crippen LogP contribution in [0.5, 0.6) is 5.75 Å². The second kappa shape index (κ2) is 8.11. The molecule has 3 N–H and O–H groups in total. The molecule has 0 saturated heterocycles. The first-order valence-corrected chi connectivity index (χ1v) is 8.29. The number of ether oxygens (including phenoxy) is 1. The molecule has 0 radical (unpaired) electrons. The van der Waals surface area contributed by atoms with Gasteiger partial charge in [0, 0.05) is 17.2 Å². The fourth-order valence-corrected chi connectivity index (χ4v) is 2.47. The van der Waals surface area contributed by atoms with Gasteiger partial charge >= 0.3 is 0 Å². The van der Waals surface area contributed by atoms with Gasteiger partial charge in [-0.25, -0.2) is 4.98 Å². The topological polar surface area (TPSA) is 90.1 Å². The van der Waals surface area contributed by atoms with Crippen molar-refractivity contribution in [2.45, 2.75) is 6.92 Å². The Morgan fingerprint density at radius 1 is 1.08 bits per heavy atom. The van der Waals surface area contributed by atoms with Gasteiger partial charge < -0.3 is 15.8 Å². The van der Waals surface area contributed by atoms with Crippen molar-refractivity contribution in [3.05, 3.63) is 66.2 Å². The first kappa shape index (κ1) is 17.4. The zero-order valence-corrected chi connectivity index (χ0v) is 14.5. The van der Waals surface area contributed by atoms with E-state index in [1.807, 2.05) is 42.5 Å². The molecule has 0 fully saturated rings. The van der Waals surface area contributed by atoms with Crippen molar-refractivity contribution >= 4 is 17.5 Å². The van der Waals surface area contributed by atoms with Gasteiger partial charge in [-0.15, -0.1) is 0 Å². The Balaban J connectivity index is 1.68. The molecular weight excluding hydrogens is 328 g/mol. The number of anilines is 2. The maximum atomic E-state index is 11.6. The molecule has 0 aliphatic heterocycles. The average molecular weight is 348 g/mol. The summed E-state index contributed by atoms with van der Waals surface area (Å²) in [6, 6.07) is 18.7. The van der Waals surface area contributed by atoms with Gasteiger partial charge in [0.05, 0.1) is 12.2 Å². The van der Waals surface area contributed by atoms with E-state index in [4.69, 9.17) is 10.5 Å². The monoisotopic (exact) mass is 348 g/mol. The fourth-order valence-electron chi connectivity index (χ4n) is 2.47. The van der Waals surface area contributed by atoms with E-state index in [2.05, 4.69) is 15.3 Å². The van der Waals surface area contributed by atoms with Gasteiger partial charge in [-0.1, -0.05) is 36.4 Å². The van der Waals surface area contributed by atoms with Gasteiger partial charge in [-0.05, 0) is 25.1 Å². The Morgan fingerprint density at radius 3 is 2.65 bits per heavy atom. The first-order valence-electron chi connectivity index (χ1n) is 8.29. The lowest BCUT2D eigenvalue weighted by molar-refractivity contribution is 0.101. The minimum absolute atomic E-state index is 0.00490. The molecule has 0 spiro atoms. The zero-order chi connectivity index (χ0) is 18.4. The van der Waals surface area contributed by atoms with Crippen LogP contribution in [0.1, 0.15) is 17.3 Å². The molecule has 1 aromatic heterocycles. The minimum atomic E-state index is 0.00490. The predicted octanol–water partition coefficient (Wildman–Crippen LogP) is 3.42. The molecule has 2 aromatic carbocycles. The molecule has 0 unspecified atom stereocenters. The summed E-state index contributed by atoms with van der Waals surface area (Å²) < 4.78 is 5.64. The van der Waals surface area contributed by atoms with Crippen molar-refractivity contribution in [1.82, 2.24) is 9.97 Å². The van der Waals surface area contributed by atoms with E-state index in [1.54, 1.807) is 18.2 Å². The Kier molecular flexibility index (Phi) is 5.43. The molecule has 132 valence electrons. The van der Waals surface area contributed by atoms with E-state index in [0.717, 1.165) is 11.3 Å². The number of carbonyl (C=O) groups is 1. The molecule has 3 rings (SSSR count). The molecule has 3 aromatic rings. The lowest BCUT2D eigenvalue weighted by Crippen LogP contribution is -2.13. The van der Waals surface area contributed by atoms with Crippen LogP contribution in [-0.4, -0.2) is 28.9 Å². The van der Waals surface area contributed by atoms with Crippen LogP contribution in [0, 0.1) is 0 Å². The van der Waals surface area contributed by atoms with Gasteiger partial charge in [0.1, 0.15) is 18.2 Å². The SMILES string of the molecule is CC(=O)c1cccc(-c2cc(NCCOc3ccccc3)nc(N)n2)c1. The summed E-state index contributed by atoms with van der Waals surface area (Å²) in [6.45, 7) is 2.59. The Bertz CT molecular complexity index is 897. The van der Waals surface area contributed by atoms with Crippen LogP contribution >= 0.6 is 0 Å². The molecule has 6 heteroatoms. The normalized spacial score (nSPS) is 10.3. The van der Waals surface area contributed by atoms with Crippen molar-refractivity contribution in [3.63, 3.8) is 0 Å². The largest absolute Gasteiger partial charge is 0.492 e. The quantitative estimate of drug-likeness (QED) is 0.502. The molecule has 0 aliphatic rings. The predicted molar refractivity (Wildman–Crippen MR) is 102 cm³/mol. The van der Waals surface area contributed by atoms with Crippen molar-refractivity contribution in [2.75, 3.05) is 24.2 Å². The van der Waals surface area contributed by atoms with Crippen molar-refractivity contribution in [3.8, 4) is 17.0 Å². The number of Topliss-reactive ketones (excluding diaryl/α,β-unsaturated/α-hetero) is 1. The van der Waals surface area contributed by atoms with E-state index < -0.39 is 0 Å². The molecule has 0 atom stereocenters. The summed E-state index contributed by atoms with van der Waals surface area (Å²) in [5.41, 5.74) is 7.93. The number of benzene rings is 2. The van der Waals surface area contributed by atoms with Crippen LogP contribution in [0.25, 0.3) is 11.3 Å². The zero-order valence-electron chi connectivity index (χ0n) is 14.5. The third-order valence-corrected chi connectivity index (χ3v) is 3.73. The Morgan fingerprint density at radius 2 is 1.88 bits per heavy atom. The number of carbonyl (C=O) groups excluding carboxylic acids is 1. The van der Waals surface area contributed by atoms with Gasteiger partial charge in [-0.2, -0.15) is 4.98 Å². The van der Waals surface area contributed by atoms with Crippen molar-refractivity contribution < 1.29 is 9.53 Å². The van der Waals surface area contributed by atoms with Gasteiger partial charge in [-0.3, -0.25) is 4.79 Å². The summed E-state index contributed by atoms with van der Waals surface area (Å²) in [5, 5.41) is 3.18. The number of para-hydroxylation sites is 1. The van der Waals surface area contributed by atoms with Gasteiger partial charge in [0.25, 0.3) is 0 Å². The van der Waals surface area contributed by atoms with E-state index in [1.165, 1.54) is 6.92 Å². The number of hydrogen-bond acceptors (Lipinski definition) is 6. The summed E-state index contributed by atoms with van der Waals surface area (Å²) in [6.07, 6.45) is 0. The van der Waals surface area contributed by atoms with E-state index in [0.29, 0.717) is 30.2 Å². The molecule has 0 saturated carbocycles. The van der Waals surface area contributed by atoms with E-state index in [-0.39, 0.29) is 11.7 Å². The number of rotatable bonds is 7. The summed E-state index contributed by atoms with van der Waals surface area (Å²) in [5.74, 6) is 1.60. The molecule has 0 amide bonds. The smallest absolute Gasteiger partial charge is 0.222 e. The molecule has 26 heavy (non-hydrogen) atoms. The highest BCUT2D eigenvalue weighted by Gasteiger charge is 2.07. The van der Waals surface area contributed by atoms with Crippen LogP contribution in [0.4, 0.5) is 11.8 Å². The van der Waals surface area contributed by atoms with E-state index in [9.17, 15) is 4.79 Å². The first-order chi connectivity index (χ1) is 12.6. The lowest BCUT2D eigenvalue weighted by atomic mass is 10.1. The third-order valence-electron chi connectivity index (χ3n) is 3.73. The lowest BCUT2D eigenvalue weighted by Gasteiger charge is -2.10. The summed E-state index contributed by atoms with van der Waals surface area (Å²) in [4.78, 5) is 20.0. The van der Waals surface area contributed by atoms with Crippen LogP contribution < -0.4 is 15.8 Å². The maximum absolute atomic E-state index is 11.6. The Labute approximate surface area is 152 Å². The number of nitrogens with one attached hydrogen (secondary N) is 1. The van der Waals surface area contributed by atoms with Crippen LogP contribution in [0.15, 0.2) is 60.7 Å². The highest BCUT2D eigenvalue weighted by atomic mass is 16.5. The molecule has 1 heterocycles. The molecule has 0 aliphatic carbocycles. The number of nitrogens with zero attached hydrogens (tertiary/aromatic N) is 2. The number of aromatic nitrogens is 2. The third kappa shape index (κ3) is 4.57. The Hall–Kier alpha value is -3.41. The second-order valence-electron chi connectivity index (χ2n) is 5.72. The van der Waals surface area contributed by atoms with Crippen LogP contribution in [0.2, 0.25) is 0 Å². The number of hydrogen-bond donors (Lipinski definition) is 2. The summed E-state index contributed by atoms with van der Waals surface area (Å²) >= 11 is 0. The van der Waals surface area contributed by atoms with Gasteiger partial charge in [0.15, 0.2) is 5.78 Å². The van der Waals surface area contributed by atoms with Gasteiger partial charge in [0.2, 0.25) is 5.95 Å². The molecular formula is C20H20N4O2. The fraction of sp³-hybridized carbons (Fsp3) is 0.150. The molecule has 0 bridgehead atoms. The number of ketones is 1. The van der Waals surface area contributed by atoms with Crippen LogP contribution in [0.3, 0.4) is 0 Å². The standard InChI is InChI=1S/C20H20N4O2/c1-14(25)15-6-5-7-16(12-15)18-13-19(24-20(21)23-18)22-10-11-26-17-8-3-2-4-9-17/h2-9,12-13H,10-11H2,1H3,(H3,21,22,23,24). The minimum Gasteiger partial charge on any atom is -0.492 e. The van der Waals surface area contributed by atoms with Crippen molar-refractivity contribution in [1.29, 1.82) is 0 Å². The number of nitrogens with two attached hydrogens (primary N) is 1. The number of nitrogen functional groups attached to an aromatic ring is 1. The van der Waals surface area contributed by atoms with Crippen LogP contribution in [-0.2, 0) is 0 Å². The van der Waals surface area contributed by atoms with E-state index >= 15 is 0 Å². The highest BCUT2D eigenvalue weighted by Crippen LogP contribution is 2.22. The molecule has 6 nitrogen and oxygen atoms in total. The maximum Gasteiger partial charge on any atom is 0.222 e.